The van der Waals surface area contributed by atoms with Crippen LogP contribution in [0.1, 0.15) is 46.5 Å². The largest absolute Gasteiger partial charge is 0.298 e. The maximum Gasteiger partial charge on any atom is 0.0769 e. The first-order valence-corrected chi connectivity index (χ1v) is 7.07. The molecule has 0 saturated carbocycles. The number of nitrogens with zero attached hydrogens (tertiary/aromatic N) is 2. The summed E-state index contributed by atoms with van der Waals surface area (Å²) in [6.07, 6.45) is 11.0. The van der Waals surface area contributed by atoms with Crippen LogP contribution in [0.3, 0.4) is 0 Å². The predicted octanol–water partition coefficient (Wildman–Crippen LogP) is 2.35. The minimum absolute atomic E-state index is 0.0930. The van der Waals surface area contributed by atoms with E-state index in [1.54, 1.807) is 0 Å². The summed E-state index contributed by atoms with van der Waals surface area (Å²) in [6.45, 7) is 10.3. The Labute approximate surface area is 106 Å². The van der Waals surface area contributed by atoms with Crippen LogP contribution in [0.5, 0.6) is 0 Å². The molecule has 2 heteroatoms. The van der Waals surface area contributed by atoms with Gasteiger partial charge in [-0.1, -0.05) is 19.3 Å². The topological polar surface area (TPSA) is 6.48 Å². The molecule has 17 heavy (non-hydrogen) atoms. The van der Waals surface area contributed by atoms with E-state index in [-0.39, 0.29) is 5.54 Å². The van der Waals surface area contributed by atoms with Crippen molar-refractivity contribution in [3.05, 3.63) is 0 Å². The molecule has 2 aliphatic rings. The Balaban J connectivity index is 2.13. The summed E-state index contributed by atoms with van der Waals surface area (Å²) in [5.74, 6) is 2.98. The Kier molecular flexibility index (Phi) is 3.80. The lowest BCUT2D eigenvalue weighted by Gasteiger charge is -2.52. The summed E-state index contributed by atoms with van der Waals surface area (Å²) < 4.78 is 0. The van der Waals surface area contributed by atoms with Gasteiger partial charge in [-0.05, 0) is 39.7 Å². The molecule has 2 fully saturated rings. The fraction of sp³-hybridized carbons (Fsp3) is 0.867. The number of terminal acetylenes is 1. The van der Waals surface area contributed by atoms with E-state index in [1.165, 1.54) is 38.8 Å². The van der Waals surface area contributed by atoms with Crippen molar-refractivity contribution in [3.8, 4) is 12.3 Å². The molecule has 2 unspecified atom stereocenters. The fourth-order valence-corrected chi connectivity index (χ4v) is 3.37. The lowest BCUT2D eigenvalue weighted by Crippen LogP contribution is -2.64. The van der Waals surface area contributed by atoms with Gasteiger partial charge in [-0.3, -0.25) is 9.80 Å². The van der Waals surface area contributed by atoms with Crippen molar-refractivity contribution in [3.63, 3.8) is 0 Å². The zero-order valence-corrected chi connectivity index (χ0v) is 11.6. The SMILES string of the molecule is C#CC(C)(C)N1CC2CCCCN2CC1CC. The van der Waals surface area contributed by atoms with E-state index in [1.807, 2.05) is 0 Å². The van der Waals surface area contributed by atoms with Crippen LogP contribution in [0.2, 0.25) is 0 Å². The fourth-order valence-electron chi connectivity index (χ4n) is 3.37. The molecule has 2 saturated heterocycles. The number of hydrogen-bond acceptors (Lipinski definition) is 2. The minimum Gasteiger partial charge on any atom is -0.298 e. The van der Waals surface area contributed by atoms with Crippen LogP contribution in [-0.4, -0.2) is 47.1 Å². The average molecular weight is 234 g/mol. The Morgan fingerprint density at radius 1 is 1.29 bits per heavy atom. The molecule has 0 amide bonds. The lowest BCUT2D eigenvalue weighted by atomic mass is 9.91. The van der Waals surface area contributed by atoms with Gasteiger partial charge >= 0.3 is 0 Å². The van der Waals surface area contributed by atoms with Crippen LogP contribution < -0.4 is 0 Å². The second-order valence-corrected chi connectivity index (χ2v) is 6.06. The van der Waals surface area contributed by atoms with Crippen LogP contribution in [0.4, 0.5) is 0 Å². The standard InChI is InChI=1S/C15H26N2/c1-5-13-11-16-10-8-7-9-14(16)12-17(13)15(3,4)6-2/h2,13-14H,5,7-12H2,1,3-4H3. The van der Waals surface area contributed by atoms with E-state index in [0.29, 0.717) is 6.04 Å². The monoisotopic (exact) mass is 234 g/mol. The van der Waals surface area contributed by atoms with Crippen LogP contribution in [0, 0.1) is 12.3 Å². The Morgan fingerprint density at radius 2 is 2.06 bits per heavy atom. The predicted molar refractivity (Wildman–Crippen MR) is 72.9 cm³/mol. The molecular formula is C15H26N2. The zero-order valence-electron chi connectivity index (χ0n) is 11.6. The number of piperazine rings is 1. The van der Waals surface area contributed by atoms with Gasteiger partial charge in [-0.2, -0.15) is 0 Å². The molecule has 0 N–H and O–H groups in total. The summed E-state index contributed by atoms with van der Waals surface area (Å²) in [6, 6.07) is 1.38. The molecule has 0 aromatic heterocycles. The van der Waals surface area contributed by atoms with Gasteiger partial charge in [-0.25, -0.2) is 0 Å². The molecule has 2 atom stereocenters. The van der Waals surface area contributed by atoms with Crippen LogP contribution in [-0.2, 0) is 0 Å². The van der Waals surface area contributed by atoms with Crippen molar-refractivity contribution >= 4 is 0 Å². The van der Waals surface area contributed by atoms with Crippen molar-refractivity contribution < 1.29 is 0 Å². The third kappa shape index (κ3) is 2.51. The molecule has 2 heterocycles. The van der Waals surface area contributed by atoms with Crippen molar-refractivity contribution in [2.75, 3.05) is 19.6 Å². The first-order chi connectivity index (χ1) is 8.08. The van der Waals surface area contributed by atoms with Crippen LogP contribution in [0.25, 0.3) is 0 Å². The average Bonchev–Trinajstić information content (AvgIpc) is 2.37. The van der Waals surface area contributed by atoms with Crippen molar-refractivity contribution in [1.29, 1.82) is 0 Å². The van der Waals surface area contributed by atoms with Crippen LogP contribution >= 0.6 is 0 Å². The highest BCUT2D eigenvalue weighted by molar-refractivity contribution is 5.11. The molecule has 0 aliphatic carbocycles. The number of fused-ring (bicyclic) bond motifs is 1. The summed E-state index contributed by atoms with van der Waals surface area (Å²) >= 11 is 0. The van der Waals surface area contributed by atoms with Crippen molar-refractivity contribution in [2.24, 2.45) is 0 Å². The summed E-state index contributed by atoms with van der Waals surface area (Å²) in [5.41, 5.74) is -0.0930. The van der Waals surface area contributed by atoms with Gasteiger partial charge in [0.25, 0.3) is 0 Å². The molecule has 0 aromatic carbocycles. The highest BCUT2D eigenvalue weighted by Gasteiger charge is 2.39. The quantitative estimate of drug-likeness (QED) is 0.677. The van der Waals surface area contributed by atoms with Gasteiger partial charge in [-0.15, -0.1) is 6.42 Å². The van der Waals surface area contributed by atoms with E-state index in [2.05, 4.69) is 36.5 Å². The minimum atomic E-state index is -0.0930. The van der Waals surface area contributed by atoms with Crippen molar-refractivity contribution in [1.82, 2.24) is 9.80 Å². The van der Waals surface area contributed by atoms with E-state index >= 15 is 0 Å². The Morgan fingerprint density at radius 3 is 2.71 bits per heavy atom. The van der Waals surface area contributed by atoms with Gasteiger partial charge in [0.05, 0.1) is 5.54 Å². The molecular weight excluding hydrogens is 208 g/mol. The molecule has 2 rings (SSSR count). The highest BCUT2D eigenvalue weighted by atomic mass is 15.3. The van der Waals surface area contributed by atoms with E-state index < -0.39 is 0 Å². The van der Waals surface area contributed by atoms with Gasteiger partial charge in [0.1, 0.15) is 0 Å². The van der Waals surface area contributed by atoms with Gasteiger partial charge in [0.2, 0.25) is 0 Å². The molecule has 0 spiro atoms. The Bertz CT molecular complexity index is 303. The van der Waals surface area contributed by atoms with E-state index in [4.69, 9.17) is 6.42 Å². The highest BCUT2D eigenvalue weighted by Crippen LogP contribution is 2.29. The summed E-state index contributed by atoms with van der Waals surface area (Å²) in [5, 5.41) is 0. The molecule has 0 aromatic rings. The lowest BCUT2D eigenvalue weighted by molar-refractivity contribution is -0.0254. The Hall–Kier alpha value is -0.520. The summed E-state index contributed by atoms with van der Waals surface area (Å²) in [7, 11) is 0. The second-order valence-electron chi connectivity index (χ2n) is 6.06. The van der Waals surface area contributed by atoms with Gasteiger partial charge in [0.15, 0.2) is 0 Å². The van der Waals surface area contributed by atoms with Crippen molar-refractivity contribution in [2.45, 2.75) is 64.1 Å². The van der Waals surface area contributed by atoms with Gasteiger partial charge < -0.3 is 0 Å². The van der Waals surface area contributed by atoms with Crippen LogP contribution in [0.15, 0.2) is 0 Å². The molecule has 96 valence electrons. The maximum atomic E-state index is 5.72. The third-order valence-electron chi connectivity index (χ3n) is 4.59. The van der Waals surface area contributed by atoms with E-state index in [9.17, 15) is 0 Å². The number of rotatable bonds is 2. The first kappa shape index (κ1) is 12.9. The maximum absolute atomic E-state index is 5.72. The first-order valence-electron chi connectivity index (χ1n) is 7.07. The zero-order chi connectivity index (χ0) is 12.5. The molecule has 2 nitrogen and oxygen atoms in total. The third-order valence-corrected chi connectivity index (χ3v) is 4.59. The summed E-state index contributed by atoms with van der Waals surface area (Å²) in [4.78, 5) is 5.26. The number of piperidine rings is 1. The second kappa shape index (κ2) is 5.00. The molecule has 0 bridgehead atoms. The van der Waals surface area contributed by atoms with E-state index in [0.717, 1.165) is 12.6 Å². The smallest absolute Gasteiger partial charge is 0.0769 e. The molecule has 2 aliphatic heterocycles. The normalized spacial score (nSPS) is 31.9. The molecule has 0 radical (unpaired) electrons. The van der Waals surface area contributed by atoms with Gasteiger partial charge in [0, 0.05) is 25.2 Å². The number of hydrogen-bond donors (Lipinski definition) is 0.